The number of aromatic nitrogens is 4. The summed E-state index contributed by atoms with van der Waals surface area (Å²) in [6.45, 7) is 14.9. The Kier molecular flexibility index (Phi) is 8.52. The van der Waals surface area contributed by atoms with Crippen LogP contribution < -0.4 is 19.6 Å². The molecule has 0 spiro atoms. The van der Waals surface area contributed by atoms with E-state index in [4.69, 9.17) is 0 Å². The Bertz CT molecular complexity index is 1320. The maximum atomic E-state index is 4.62. The van der Waals surface area contributed by atoms with E-state index in [0.717, 1.165) is 85.6 Å². The van der Waals surface area contributed by atoms with E-state index in [1.54, 1.807) is 12.7 Å². The van der Waals surface area contributed by atoms with E-state index in [1.807, 2.05) is 0 Å². The highest BCUT2D eigenvalue weighted by molar-refractivity contribution is 5.92. The first-order valence-corrected chi connectivity index (χ1v) is 14.7. The van der Waals surface area contributed by atoms with Gasteiger partial charge in [-0.3, -0.25) is 0 Å². The lowest BCUT2D eigenvalue weighted by atomic mass is 10.1. The molecule has 1 saturated heterocycles. The van der Waals surface area contributed by atoms with Gasteiger partial charge in [0.15, 0.2) is 0 Å². The summed E-state index contributed by atoms with van der Waals surface area (Å²) in [6.07, 6.45) is 5.68. The van der Waals surface area contributed by atoms with Crippen molar-refractivity contribution in [3.05, 3.63) is 49.1 Å². The molecule has 0 saturated carbocycles. The predicted molar refractivity (Wildman–Crippen MR) is 169 cm³/mol. The Morgan fingerprint density at radius 1 is 0.625 bits per heavy atom. The van der Waals surface area contributed by atoms with Gasteiger partial charge in [-0.05, 0) is 61.1 Å². The summed E-state index contributed by atoms with van der Waals surface area (Å²) in [5, 5.41) is 2.23. The summed E-state index contributed by atoms with van der Waals surface area (Å²) < 4.78 is 0. The van der Waals surface area contributed by atoms with Crippen LogP contribution in [0.5, 0.6) is 0 Å². The van der Waals surface area contributed by atoms with Crippen LogP contribution in [0.2, 0.25) is 0 Å². The molecule has 2 aromatic heterocycles. The fourth-order valence-corrected chi connectivity index (χ4v) is 5.40. The van der Waals surface area contributed by atoms with Crippen LogP contribution in [-0.4, -0.2) is 73.3 Å². The Morgan fingerprint density at radius 2 is 1.02 bits per heavy atom. The maximum Gasteiger partial charge on any atom is 0.139 e. The van der Waals surface area contributed by atoms with Crippen LogP contribution in [0, 0.1) is 11.8 Å². The molecule has 0 unspecified atom stereocenters. The normalized spacial score (nSPS) is 14.1. The molecule has 0 atom stereocenters. The molecule has 1 fully saturated rings. The number of benzene rings is 2. The molecule has 4 aromatic rings. The van der Waals surface area contributed by atoms with E-state index in [-0.39, 0.29) is 0 Å². The van der Waals surface area contributed by atoms with Crippen LogP contribution in [0.25, 0.3) is 21.8 Å². The highest BCUT2D eigenvalue weighted by atomic mass is 15.3. The smallest absolute Gasteiger partial charge is 0.139 e. The molecule has 3 heterocycles. The van der Waals surface area contributed by atoms with Crippen molar-refractivity contribution in [2.45, 2.75) is 40.5 Å². The largest absolute Gasteiger partial charge is 0.368 e. The van der Waals surface area contributed by atoms with Gasteiger partial charge in [-0.1, -0.05) is 27.7 Å². The van der Waals surface area contributed by atoms with E-state index in [9.17, 15) is 0 Å². The van der Waals surface area contributed by atoms with E-state index in [0.29, 0.717) is 11.8 Å². The standard InChI is InChI=1S/C32H44N8/c1-23(2)11-13-37(5)31-27-9-7-25(19-29(27)33-21-35-31)39-15-17-40(18-16-39)26-8-10-28-30(20-26)34-22-36-32(28)38(6)14-12-24(3)4/h7-10,19-24H,11-18H2,1-6H3. The van der Waals surface area contributed by atoms with E-state index in [2.05, 4.69) is 118 Å². The zero-order valence-corrected chi connectivity index (χ0v) is 25.0. The SMILES string of the molecule is CC(C)CCN(C)c1ncnc2cc(N3CCN(c4ccc5c(N(C)CCC(C)C)ncnc5c4)CC3)ccc12. The minimum atomic E-state index is 0.669. The van der Waals surface area contributed by atoms with Gasteiger partial charge < -0.3 is 19.6 Å². The van der Waals surface area contributed by atoms with Crippen molar-refractivity contribution in [3.8, 4) is 0 Å². The van der Waals surface area contributed by atoms with Crippen LogP contribution in [0.15, 0.2) is 49.1 Å². The first-order valence-electron chi connectivity index (χ1n) is 14.7. The molecule has 8 heteroatoms. The van der Waals surface area contributed by atoms with Crippen molar-refractivity contribution >= 4 is 44.8 Å². The zero-order valence-electron chi connectivity index (χ0n) is 25.0. The van der Waals surface area contributed by atoms with E-state index in [1.165, 1.54) is 11.4 Å². The van der Waals surface area contributed by atoms with Crippen LogP contribution in [0.3, 0.4) is 0 Å². The first kappa shape index (κ1) is 27.9. The average molecular weight is 541 g/mol. The van der Waals surface area contributed by atoms with Crippen molar-refractivity contribution in [1.82, 2.24) is 19.9 Å². The Morgan fingerprint density at radius 3 is 1.40 bits per heavy atom. The van der Waals surface area contributed by atoms with Gasteiger partial charge in [0.2, 0.25) is 0 Å². The molecule has 2 aromatic carbocycles. The van der Waals surface area contributed by atoms with Gasteiger partial charge in [-0.2, -0.15) is 0 Å². The Labute approximate surface area is 239 Å². The van der Waals surface area contributed by atoms with Crippen molar-refractivity contribution < 1.29 is 0 Å². The molecule has 0 bridgehead atoms. The number of hydrogen-bond donors (Lipinski definition) is 0. The number of nitrogens with zero attached hydrogens (tertiary/aromatic N) is 8. The number of piperazine rings is 1. The second-order valence-electron chi connectivity index (χ2n) is 12.0. The third-order valence-corrected chi connectivity index (χ3v) is 8.01. The number of rotatable bonds is 10. The lowest BCUT2D eigenvalue weighted by Gasteiger charge is -2.37. The van der Waals surface area contributed by atoms with Crippen LogP contribution in [-0.2, 0) is 0 Å². The summed E-state index contributed by atoms with van der Waals surface area (Å²) in [5.74, 6) is 3.36. The molecular formula is C32H44N8. The highest BCUT2D eigenvalue weighted by Gasteiger charge is 2.20. The van der Waals surface area contributed by atoms with E-state index >= 15 is 0 Å². The van der Waals surface area contributed by atoms with Crippen molar-refractivity contribution in [3.63, 3.8) is 0 Å². The third kappa shape index (κ3) is 6.21. The lowest BCUT2D eigenvalue weighted by molar-refractivity contribution is 0.584. The third-order valence-electron chi connectivity index (χ3n) is 8.01. The second kappa shape index (κ2) is 12.2. The molecule has 0 N–H and O–H groups in total. The summed E-state index contributed by atoms with van der Waals surface area (Å²) >= 11 is 0. The van der Waals surface area contributed by atoms with Crippen LogP contribution in [0.4, 0.5) is 23.0 Å². The van der Waals surface area contributed by atoms with Gasteiger partial charge >= 0.3 is 0 Å². The first-order chi connectivity index (χ1) is 19.3. The molecule has 1 aliphatic heterocycles. The fourth-order valence-electron chi connectivity index (χ4n) is 5.40. The van der Waals surface area contributed by atoms with E-state index < -0.39 is 0 Å². The quantitative estimate of drug-likeness (QED) is 0.248. The second-order valence-corrected chi connectivity index (χ2v) is 12.0. The molecule has 0 aliphatic carbocycles. The minimum Gasteiger partial charge on any atom is -0.368 e. The lowest BCUT2D eigenvalue weighted by Crippen LogP contribution is -2.46. The van der Waals surface area contributed by atoms with Gasteiger partial charge in [0.1, 0.15) is 24.3 Å². The highest BCUT2D eigenvalue weighted by Crippen LogP contribution is 2.30. The summed E-state index contributed by atoms with van der Waals surface area (Å²) in [6, 6.07) is 13.3. The summed E-state index contributed by atoms with van der Waals surface area (Å²) in [5.41, 5.74) is 4.46. The maximum absolute atomic E-state index is 4.62. The van der Waals surface area contributed by atoms with Crippen molar-refractivity contribution in [2.24, 2.45) is 11.8 Å². The molecular weight excluding hydrogens is 496 g/mol. The Balaban J connectivity index is 1.27. The Hall–Kier alpha value is -3.68. The molecule has 0 amide bonds. The van der Waals surface area contributed by atoms with Gasteiger partial charge in [0.25, 0.3) is 0 Å². The van der Waals surface area contributed by atoms with Gasteiger partial charge in [0, 0.05) is 75.5 Å². The van der Waals surface area contributed by atoms with Crippen molar-refractivity contribution in [2.75, 3.05) is 73.0 Å². The van der Waals surface area contributed by atoms with Crippen LogP contribution in [0.1, 0.15) is 40.5 Å². The van der Waals surface area contributed by atoms with Crippen LogP contribution >= 0.6 is 0 Å². The summed E-state index contributed by atoms with van der Waals surface area (Å²) in [4.78, 5) is 27.9. The van der Waals surface area contributed by atoms with Gasteiger partial charge in [-0.25, -0.2) is 19.9 Å². The molecule has 212 valence electrons. The number of hydrogen-bond acceptors (Lipinski definition) is 8. The average Bonchev–Trinajstić information content (AvgIpc) is 2.97. The molecule has 5 rings (SSSR count). The number of anilines is 4. The molecule has 0 radical (unpaired) electrons. The topological polar surface area (TPSA) is 64.5 Å². The molecule has 1 aliphatic rings. The fraction of sp³-hybridized carbons (Fsp3) is 0.500. The van der Waals surface area contributed by atoms with Gasteiger partial charge in [0.05, 0.1) is 11.0 Å². The predicted octanol–water partition coefficient (Wildman–Crippen LogP) is 5.86. The minimum absolute atomic E-state index is 0.669. The summed E-state index contributed by atoms with van der Waals surface area (Å²) in [7, 11) is 4.25. The van der Waals surface area contributed by atoms with Crippen molar-refractivity contribution in [1.29, 1.82) is 0 Å². The zero-order chi connectivity index (χ0) is 28.2. The number of fused-ring (bicyclic) bond motifs is 2. The monoisotopic (exact) mass is 540 g/mol. The molecule has 8 nitrogen and oxygen atoms in total. The van der Waals surface area contributed by atoms with Gasteiger partial charge in [-0.15, -0.1) is 0 Å². The molecule has 40 heavy (non-hydrogen) atoms.